The van der Waals surface area contributed by atoms with E-state index < -0.39 is 0 Å². The number of hydrogen-bond donors (Lipinski definition) is 1. The van der Waals surface area contributed by atoms with Crippen LogP contribution in [0.2, 0.25) is 0 Å². The van der Waals surface area contributed by atoms with Crippen LogP contribution in [0.3, 0.4) is 0 Å². The Morgan fingerprint density at radius 2 is 1.97 bits per heavy atom. The summed E-state index contributed by atoms with van der Waals surface area (Å²) in [5, 5.41) is 1.13. The van der Waals surface area contributed by atoms with Crippen LogP contribution in [0.25, 0.3) is 28.1 Å². The smallest absolute Gasteiger partial charge is 0.254 e. The highest BCUT2D eigenvalue weighted by atomic mass is 16.5. The Kier molecular flexibility index (Phi) is 5.94. The van der Waals surface area contributed by atoms with Crippen molar-refractivity contribution in [3.63, 3.8) is 0 Å². The van der Waals surface area contributed by atoms with E-state index in [0.29, 0.717) is 35.5 Å². The molecule has 2 fully saturated rings. The molecule has 0 unspecified atom stereocenters. The minimum atomic E-state index is -0.0218. The predicted octanol–water partition coefficient (Wildman–Crippen LogP) is 4.76. The van der Waals surface area contributed by atoms with E-state index in [4.69, 9.17) is 20.4 Å². The first-order chi connectivity index (χ1) is 17.8. The number of likely N-dealkylation sites (tertiary alicyclic amines) is 1. The van der Waals surface area contributed by atoms with Gasteiger partial charge in [0.25, 0.3) is 5.91 Å². The minimum absolute atomic E-state index is 0.0218. The van der Waals surface area contributed by atoms with Gasteiger partial charge in [0.05, 0.1) is 18.5 Å². The molecule has 1 aliphatic carbocycles. The predicted molar refractivity (Wildman–Crippen MR) is 145 cm³/mol. The average Bonchev–Trinajstić information content (AvgIpc) is 3.56. The maximum atomic E-state index is 13.4. The lowest BCUT2D eigenvalue weighted by Crippen LogP contribution is -2.45. The molecule has 1 amide bonds. The molecule has 1 aliphatic heterocycles. The number of pyridine rings is 2. The first-order valence-corrected chi connectivity index (χ1v) is 13.5. The summed E-state index contributed by atoms with van der Waals surface area (Å²) in [6, 6.07) is 10.2. The number of aromatic nitrogens is 4. The van der Waals surface area contributed by atoms with Crippen LogP contribution < -0.4 is 10.5 Å². The number of nitrogens with zero attached hydrogens (tertiary/aromatic N) is 5. The lowest BCUT2D eigenvalue weighted by atomic mass is 10.1. The van der Waals surface area contributed by atoms with Gasteiger partial charge in [-0.15, -0.1) is 0 Å². The maximum Gasteiger partial charge on any atom is 0.254 e. The molecule has 0 radical (unpaired) electrons. The highest BCUT2D eigenvalue weighted by Gasteiger charge is 2.28. The fraction of sp³-hybridized carbons (Fsp3) is 0.483. The SMILES string of the molecule is COc1cc(C(=O)N2CCC[C@@H](N)C2)cc2nc(-c3cc4ccc(C(C)C)nc4n3CC3CC3)c(C)n12. The van der Waals surface area contributed by atoms with E-state index in [2.05, 4.69) is 43.5 Å². The van der Waals surface area contributed by atoms with E-state index in [1.165, 1.54) is 12.8 Å². The van der Waals surface area contributed by atoms with Gasteiger partial charge < -0.3 is 19.9 Å². The molecule has 1 atom stereocenters. The van der Waals surface area contributed by atoms with Gasteiger partial charge in [0.2, 0.25) is 0 Å². The Morgan fingerprint density at radius 1 is 1.16 bits per heavy atom. The van der Waals surface area contributed by atoms with Gasteiger partial charge in [-0.25, -0.2) is 9.97 Å². The van der Waals surface area contributed by atoms with Crippen LogP contribution >= 0.6 is 0 Å². The van der Waals surface area contributed by atoms with Crippen molar-refractivity contribution in [2.75, 3.05) is 20.2 Å². The Balaban J connectivity index is 1.48. The van der Waals surface area contributed by atoms with E-state index in [1.807, 2.05) is 21.4 Å². The number of rotatable bonds is 6. The summed E-state index contributed by atoms with van der Waals surface area (Å²) < 4.78 is 10.1. The number of imidazole rings is 1. The molecule has 2 aliphatic rings. The van der Waals surface area contributed by atoms with Gasteiger partial charge in [0.15, 0.2) is 5.88 Å². The van der Waals surface area contributed by atoms with Crippen LogP contribution in [-0.2, 0) is 6.54 Å². The molecule has 6 rings (SSSR count). The standard InChI is InChI=1S/C29H36N6O2/c1-17(2)23-10-9-20-12-24(34(28(20)31-23)15-19-7-8-19)27-18(3)35-25(32-27)13-21(14-26(35)37-4)29(36)33-11-5-6-22(30)16-33/h9-10,12-14,17,19,22H,5-8,11,15-16,30H2,1-4H3/t22-/m1/s1. The molecule has 8 nitrogen and oxygen atoms in total. The normalized spacial score (nSPS) is 18.3. The molecule has 37 heavy (non-hydrogen) atoms. The quantitative estimate of drug-likeness (QED) is 0.412. The molecule has 0 bridgehead atoms. The van der Waals surface area contributed by atoms with Gasteiger partial charge in [-0.05, 0) is 68.7 Å². The second-order valence-electron chi connectivity index (χ2n) is 11.1. The van der Waals surface area contributed by atoms with Gasteiger partial charge in [0.1, 0.15) is 17.0 Å². The lowest BCUT2D eigenvalue weighted by molar-refractivity contribution is 0.0708. The average molecular weight is 501 g/mol. The van der Waals surface area contributed by atoms with Crippen molar-refractivity contribution in [2.45, 2.75) is 65.0 Å². The fourth-order valence-electron chi connectivity index (χ4n) is 5.57. The summed E-state index contributed by atoms with van der Waals surface area (Å²) in [5.74, 6) is 1.63. The fourth-order valence-corrected chi connectivity index (χ4v) is 5.57. The zero-order chi connectivity index (χ0) is 25.8. The number of fused-ring (bicyclic) bond motifs is 2. The van der Waals surface area contributed by atoms with Gasteiger partial charge in [-0.1, -0.05) is 13.8 Å². The molecule has 0 aromatic carbocycles. The maximum absolute atomic E-state index is 13.4. The third kappa shape index (κ3) is 4.27. The zero-order valence-electron chi connectivity index (χ0n) is 22.2. The molecule has 1 saturated heterocycles. The summed E-state index contributed by atoms with van der Waals surface area (Å²) in [4.78, 5) is 25.4. The summed E-state index contributed by atoms with van der Waals surface area (Å²) in [5.41, 5.74) is 12.5. The van der Waals surface area contributed by atoms with Crippen molar-refractivity contribution in [1.82, 2.24) is 23.8 Å². The lowest BCUT2D eigenvalue weighted by Gasteiger charge is -2.30. The minimum Gasteiger partial charge on any atom is -0.482 e. The van der Waals surface area contributed by atoms with E-state index >= 15 is 0 Å². The first kappa shape index (κ1) is 24.0. The van der Waals surface area contributed by atoms with E-state index in [9.17, 15) is 4.79 Å². The molecular weight excluding hydrogens is 464 g/mol. The summed E-state index contributed by atoms with van der Waals surface area (Å²) in [7, 11) is 1.64. The number of nitrogens with two attached hydrogens (primary N) is 1. The molecule has 4 aromatic heterocycles. The largest absolute Gasteiger partial charge is 0.482 e. The molecule has 2 N–H and O–H groups in total. The highest BCUT2D eigenvalue weighted by Crippen LogP contribution is 2.37. The van der Waals surface area contributed by atoms with Crippen LogP contribution in [0.4, 0.5) is 0 Å². The van der Waals surface area contributed by atoms with Crippen LogP contribution in [0.5, 0.6) is 5.88 Å². The Labute approximate surface area is 217 Å². The van der Waals surface area contributed by atoms with Crippen LogP contribution in [0.1, 0.15) is 67.2 Å². The number of carbonyl (C=O) groups excluding carboxylic acids is 1. The van der Waals surface area contributed by atoms with Crippen molar-refractivity contribution < 1.29 is 9.53 Å². The van der Waals surface area contributed by atoms with E-state index in [-0.39, 0.29) is 11.9 Å². The van der Waals surface area contributed by atoms with Crippen molar-refractivity contribution in [2.24, 2.45) is 11.7 Å². The first-order valence-electron chi connectivity index (χ1n) is 13.5. The molecule has 8 heteroatoms. The number of hydrogen-bond acceptors (Lipinski definition) is 5. The molecule has 1 saturated carbocycles. The van der Waals surface area contributed by atoms with Crippen molar-refractivity contribution in [3.05, 3.63) is 47.3 Å². The molecule has 0 spiro atoms. The summed E-state index contributed by atoms with van der Waals surface area (Å²) in [6.45, 7) is 8.67. The number of aryl methyl sites for hydroxylation is 1. The van der Waals surface area contributed by atoms with Gasteiger partial charge in [-0.2, -0.15) is 0 Å². The second-order valence-corrected chi connectivity index (χ2v) is 11.1. The molecule has 5 heterocycles. The van der Waals surface area contributed by atoms with Gasteiger partial charge in [0, 0.05) is 48.4 Å². The highest BCUT2D eigenvalue weighted by molar-refractivity contribution is 5.96. The topological polar surface area (TPSA) is 90.7 Å². The van der Waals surface area contributed by atoms with Crippen LogP contribution in [-0.4, -0.2) is 56.0 Å². The number of amides is 1. The van der Waals surface area contributed by atoms with Crippen LogP contribution in [0.15, 0.2) is 30.3 Å². The third-order valence-corrected chi connectivity index (χ3v) is 7.86. The third-order valence-electron chi connectivity index (χ3n) is 7.86. The Bertz CT molecular complexity index is 1500. The monoisotopic (exact) mass is 500 g/mol. The van der Waals surface area contributed by atoms with Crippen LogP contribution in [0, 0.1) is 12.8 Å². The van der Waals surface area contributed by atoms with Gasteiger partial charge >= 0.3 is 0 Å². The number of ether oxygens (including phenoxy) is 1. The number of carbonyl (C=O) groups is 1. The molecule has 194 valence electrons. The molecular formula is C29H36N6O2. The van der Waals surface area contributed by atoms with E-state index in [1.54, 1.807) is 7.11 Å². The van der Waals surface area contributed by atoms with Crippen molar-refractivity contribution >= 4 is 22.6 Å². The van der Waals surface area contributed by atoms with Crippen molar-refractivity contribution in [3.8, 4) is 17.3 Å². The molecule has 4 aromatic rings. The number of methoxy groups -OCH3 is 1. The zero-order valence-corrected chi connectivity index (χ0v) is 22.2. The summed E-state index contributed by atoms with van der Waals surface area (Å²) in [6.07, 6.45) is 4.40. The van der Waals surface area contributed by atoms with Crippen molar-refractivity contribution in [1.29, 1.82) is 0 Å². The summed E-state index contributed by atoms with van der Waals surface area (Å²) >= 11 is 0. The Hall–Kier alpha value is -3.39. The Morgan fingerprint density at radius 3 is 2.68 bits per heavy atom. The number of piperidine rings is 1. The van der Waals surface area contributed by atoms with Gasteiger partial charge in [-0.3, -0.25) is 9.20 Å². The van der Waals surface area contributed by atoms with E-state index in [0.717, 1.165) is 59.7 Å². The second kappa shape index (κ2) is 9.17.